The van der Waals surface area contributed by atoms with Crippen molar-refractivity contribution in [2.45, 2.75) is 19.8 Å². The van der Waals surface area contributed by atoms with Crippen LogP contribution in [-0.2, 0) is 19.1 Å². The largest absolute Gasteiger partial charge is 0.462 e. The van der Waals surface area contributed by atoms with Gasteiger partial charge in [-0.05, 0) is 30.8 Å². The number of carbonyl (C=O) groups is 4. The number of ether oxygens (including phenoxy) is 1. The van der Waals surface area contributed by atoms with E-state index in [0.29, 0.717) is 10.6 Å². The quantitative estimate of drug-likeness (QED) is 0.400. The summed E-state index contributed by atoms with van der Waals surface area (Å²) in [5.74, 6) is -1.88. The highest BCUT2D eigenvalue weighted by Gasteiger charge is 2.30. The molecule has 156 valence electrons. The van der Waals surface area contributed by atoms with Crippen molar-refractivity contribution in [2.24, 2.45) is 0 Å². The normalized spacial score (nSPS) is 13.3. The van der Waals surface area contributed by atoms with E-state index in [0.717, 1.165) is 15.3 Å². The number of rotatable bonds is 6. The molecule has 1 saturated heterocycles. The second-order valence-corrected chi connectivity index (χ2v) is 7.78. The third kappa shape index (κ3) is 5.08. The van der Waals surface area contributed by atoms with Crippen LogP contribution in [-0.4, -0.2) is 46.9 Å². The molecule has 1 aliphatic rings. The number of imide groups is 1. The summed E-state index contributed by atoms with van der Waals surface area (Å²) in [4.78, 5) is 49.8. The van der Waals surface area contributed by atoms with E-state index in [2.05, 4.69) is 10.6 Å². The number of benzene rings is 1. The minimum Gasteiger partial charge on any atom is -0.462 e. The predicted molar refractivity (Wildman–Crippen MR) is 116 cm³/mol. The summed E-state index contributed by atoms with van der Waals surface area (Å²) in [6.07, 6.45) is 0.212. The van der Waals surface area contributed by atoms with Crippen molar-refractivity contribution in [3.8, 4) is 10.4 Å². The third-order valence-corrected chi connectivity index (χ3v) is 5.58. The number of nitrogens with one attached hydrogen (secondary N) is 2. The van der Waals surface area contributed by atoms with Crippen LogP contribution in [0.3, 0.4) is 0 Å². The molecule has 0 aliphatic carbocycles. The van der Waals surface area contributed by atoms with Gasteiger partial charge in [-0.15, -0.1) is 11.3 Å². The summed E-state index contributed by atoms with van der Waals surface area (Å²) in [5.41, 5.74) is 1.32. The third-order valence-electron chi connectivity index (χ3n) is 4.21. The Hall–Kier alpha value is -3.11. The van der Waals surface area contributed by atoms with E-state index in [1.165, 1.54) is 11.3 Å². The van der Waals surface area contributed by atoms with Gasteiger partial charge in [-0.2, -0.15) is 0 Å². The van der Waals surface area contributed by atoms with Gasteiger partial charge in [-0.3, -0.25) is 19.3 Å². The second kappa shape index (κ2) is 9.59. The van der Waals surface area contributed by atoms with Crippen molar-refractivity contribution in [2.75, 3.05) is 18.5 Å². The number of esters is 1. The van der Waals surface area contributed by atoms with E-state index < -0.39 is 18.4 Å². The number of amides is 3. The first kappa shape index (κ1) is 21.6. The van der Waals surface area contributed by atoms with Crippen molar-refractivity contribution in [3.63, 3.8) is 0 Å². The first-order valence-corrected chi connectivity index (χ1v) is 10.4. The fraction of sp³-hybridized carbons (Fsp3) is 0.250. The maximum atomic E-state index is 12.4. The van der Waals surface area contributed by atoms with Gasteiger partial charge in [0.15, 0.2) is 5.11 Å². The number of thiocarbonyl (C=S) groups is 1. The summed E-state index contributed by atoms with van der Waals surface area (Å²) in [6, 6.07) is 11.2. The van der Waals surface area contributed by atoms with Gasteiger partial charge in [-0.25, -0.2) is 4.79 Å². The number of hydrogen-bond donors (Lipinski definition) is 2. The fourth-order valence-corrected chi connectivity index (χ4v) is 4.08. The van der Waals surface area contributed by atoms with Crippen LogP contribution in [0.4, 0.5) is 5.69 Å². The van der Waals surface area contributed by atoms with Crippen LogP contribution < -0.4 is 10.6 Å². The molecule has 2 aromatic rings. The summed E-state index contributed by atoms with van der Waals surface area (Å²) >= 11 is 6.41. The molecule has 2 heterocycles. The maximum Gasteiger partial charge on any atom is 0.350 e. The lowest BCUT2D eigenvalue weighted by molar-refractivity contribution is -0.142. The Kier molecular flexibility index (Phi) is 6.91. The molecule has 0 unspecified atom stereocenters. The van der Waals surface area contributed by atoms with Crippen molar-refractivity contribution in [1.29, 1.82) is 0 Å². The molecule has 0 saturated carbocycles. The number of anilines is 1. The van der Waals surface area contributed by atoms with Crippen molar-refractivity contribution < 1.29 is 23.9 Å². The van der Waals surface area contributed by atoms with E-state index in [-0.39, 0.29) is 36.4 Å². The van der Waals surface area contributed by atoms with Crippen LogP contribution in [0.15, 0.2) is 36.4 Å². The minimum atomic E-state index is -0.604. The van der Waals surface area contributed by atoms with Crippen LogP contribution in [0.25, 0.3) is 10.4 Å². The second-order valence-electron chi connectivity index (χ2n) is 6.32. The maximum absolute atomic E-state index is 12.4. The first-order valence-electron chi connectivity index (χ1n) is 9.19. The van der Waals surface area contributed by atoms with Crippen LogP contribution >= 0.6 is 23.6 Å². The average molecular weight is 446 g/mol. The van der Waals surface area contributed by atoms with Crippen molar-refractivity contribution in [1.82, 2.24) is 10.2 Å². The lowest BCUT2D eigenvalue weighted by atomic mass is 10.2. The smallest absolute Gasteiger partial charge is 0.350 e. The Balaban J connectivity index is 1.72. The molecule has 0 bridgehead atoms. The molecular formula is C20H19N3O5S2. The zero-order valence-corrected chi connectivity index (χ0v) is 17.7. The molecule has 10 heteroatoms. The molecule has 1 fully saturated rings. The molecule has 8 nitrogen and oxygen atoms in total. The Morgan fingerprint density at radius 2 is 1.83 bits per heavy atom. The number of hydrogen-bond acceptors (Lipinski definition) is 7. The highest BCUT2D eigenvalue weighted by Crippen LogP contribution is 2.35. The standard InChI is InChI=1S/C20H19N3O5S2/c1-2-28-19(27)18-13(10-14(30-18)12-6-4-3-5-7-12)21-20(29)22-15(24)11-23-16(25)8-9-17(23)26/h3-7,10H,2,8-9,11H2,1H3,(H2,21,22,24,29). The number of thiophene rings is 1. The zero-order chi connectivity index (χ0) is 21.7. The molecule has 0 spiro atoms. The molecule has 3 amide bonds. The van der Waals surface area contributed by atoms with Gasteiger partial charge in [0.25, 0.3) is 0 Å². The van der Waals surface area contributed by atoms with Gasteiger partial charge in [0, 0.05) is 17.7 Å². The van der Waals surface area contributed by atoms with Gasteiger partial charge >= 0.3 is 5.97 Å². The molecule has 0 atom stereocenters. The molecule has 3 rings (SSSR count). The highest BCUT2D eigenvalue weighted by molar-refractivity contribution is 7.80. The van der Waals surface area contributed by atoms with Gasteiger partial charge in [0.1, 0.15) is 11.4 Å². The number of carbonyl (C=O) groups excluding carboxylic acids is 4. The number of nitrogens with zero attached hydrogens (tertiary/aromatic N) is 1. The Morgan fingerprint density at radius 1 is 1.17 bits per heavy atom. The van der Waals surface area contributed by atoms with E-state index in [9.17, 15) is 19.2 Å². The summed E-state index contributed by atoms with van der Waals surface area (Å²) in [5, 5.41) is 5.22. The minimum absolute atomic E-state index is 0.0537. The van der Waals surface area contributed by atoms with Gasteiger partial charge in [0.2, 0.25) is 17.7 Å². The highest BCUT2D eigenvalue weighted by atomic mass is 32.1. The molecule has 2 N–H and O–H groups in total. The monoisotopic (exact) mass is 445 g/mol. The fourth-order valence-electron chi connectivity index (χ4n) is 2.84. The Bertz CT molecular complexity index is 987. The lowest BCUT2D eigenvalue weighted by Crippen LogP contribution is -2.43. The van der Waals surface area contributed by atoms with Crippen LogP contribution in [0.2, 0.25) is 0 Å². The molecule has 1 aromatic carbocycles. The molecular weight excluding hydrogens is 426 g/mol. The van der Waals surface area contributed by atoms with Crippen LogP contribution in [0, 0.1) is 0 Å². The molecule has 1 aliphatic heterocycles. The predicted octanol–water partition coefficient (Wildman–Crippen LogP) is 2.55. The van der Waals surface area contributed by atoms with Crippen LogP contribution in [0.5, 0.6) is 0 Å². The summed E-state index contributed by atoms with van der Waals surface area (Å²) < 4.78 is 5.11. The van der Waals surface area contributed by atoms with Gasteiger partial charge in [0.05, 0.1) is 12.3 Å². The van der Waals surface area contributed by atoms with Crippen LogP contribution in [0.1, 0.15) is 29.4 Å². The lowest BCUT2D eigenvalue weighted by Gasteiger charge is -2.14. The van der Waals surface area contributed by atoms with Gasteiger partial charge < -0.3 is 15.4 Å². The summed E-state index contributed by atoms with van der Waals surface area (Å²) in [7, 11) is 0. The SMILES string of the molecule is CCOC(=O)c1sc(-c2ccccc2)cc1NC(=S)NC(=O)CN1C(=O)CCC1=O. The van der Waals surface area contributed by atoms with E-state index >= 15 is 0 Å². The first-order chi connectivity index (χ1) is 14.4. The Morgan fingerprint density at radius 3 is 2.47 bits per heavy atom. The van der Waals surface area contributed by atoms with E-state index in [1.54, 1.807) is 13.0 Å². The Labute approximate surface area is 182 Å². The van der Waals surface area contributed by atoms with Crippen molar-refractivity contribution in [3.05, 3.63) is 41.3 Å². The number of likely N-dealkylation sites (tertiary alicyclic amines) is 1. The van der Waals surface area contributed by atoms with E-state index in [1.807, 2.05) is 30.3 Å². The zero-order valence-electron chi connectivity index (χ0n) is 16.1. The average Bonchev–Trinajstić information content (AvgIpc) is 3.27. The summed E-state index contributed by atoms with van der Waals surface area (Å²) in [6.45, 7) is 1.53. The topological polar surface area (TPSA) is 105 Å². The molecule has 30 heavy (non-hydrogen) atoms. The molecule has 0 radical (unpaired) electrons. The van der Waals surface area contributed by atoms with E-state index in [4.69, 9.17) is 17.0 Å². The molecule has 1 aromatic heterocycles. The van der Waals surface area contributed by atoms with Crippen molar-refractivity contribution >= 4 is 58.0 Å². The van der Waals surface area contributed by atoms with Gasteiger partial charge in [-0.1, -0.05) is 30.3 Å².